The van der Waals surface area contributed by atoms with E-state index in [0.29, 0.717) is 19.1 Å². The Morgan fingerprint density at radius 3 is 2.17 bits per heavy atom. The summed E-state index contributed by atoms with van der Waals surface area (Å²) >= 11 is 0. The molecule has 2 atom stereocenters. The summed E-state index contributed by atoms with van der Waals surface area (Å²) < 4.78 is 11.6. The molecule has 0 aromatic heterocycles. The van der Waals surface area contributed by atoms with E-state index in [-0.39, 0.29) is 11.3 Å². The van der Waals surface area contributed by atoms with Gasteiger partial charge in [-0.1, -0.05) is 20.8 Å². The van der Waals surface area contributed by atoms with Crippen LogP contribution in [0.5, 0.6) is 0 Å². The van der Waals surface area contributed by atoms with Gasteiger partial charge in [0.2, 0.25) is 0 Å². The van der Waals surface area contributed by atoms with Crippen LogP contribution in [0, 0.1) is 50.2 Å². The molecule has 0 amide bonds. The fourth-order valence-corrected chi connectivity index (χ4v) is 5.91. The number of hydrogen-bond acceptors (Lipinski definition) is 6. The lowest BCUT2D eigenvalue weighted by Crippen LogP contribution is -2.43. The average molecular weight is 328 g/mol. The number of rotatable bonds is 0. The van der Waals surface area contributed by atoms with Gasteiger partial charge in [-0.05, 0) is 37.0 Å². The second-order valence-corrected chi connectivity index (χ2v) is 8.72. The zero-order valence-corrected chi connectivity index (χ0v) is 14.6. The Hall–Kier alpha value is -1.63. The van der Waals surface area contributed by atoms with Crippen LogP contribution in [0.15, 0.2) is 4.99 Å². The summed E-state index contributed by atoms with van der Waals surface area (Å²) in [6, 6.07) is 4.80. The van der Waals surface area contributed by atoms with Gasteiger partial charge in [0.05, 0.1) is 25.4 Å². The molecule has 6 heteroatoms. The molecule has 2 aliphatic heterocycles. The van der Waals surface area contributed by atoms with Crippen molar-refractivity contribution >= 4 is 5.84 Å². The first-order valence-electron chi connectivity index (χ1n) is 8.73. The van der Waals surface area contributed by atoms with Crippen molar-refractivity contribution in [2.75, 3.05) is 13.2 Å². The molecule has 0 aromatic rings. The van der Waals surface area contributed by atoms with Crippen LogP contribution in [0.25, 0.3) is 0 Å². The molecule has 24 heavy (non-hydrogen) atoms. The molecule has 0 bridgehead atoms. The third-order valence-corrected chi connectivity index (χ3v) is 7.14. The zero-order chi connectivity index (χ0) is 17.4. The van der Waals surface area contributed by atoms with E-state index in [9.17, 15) is 10.5 Å². The number of aliphatic imine (C=N–C) groups is 1. The van der Waals surface area contributed by atoms with Crippen LogP contribution >= 0.6 is 0 Å². The van der Waals surface area contributed by atoms with Gasteiger partial charge in [0.1, 0.15) is 11.3 Å². The van der Waals surface area contributed by atoms with Crippen LogP contribution < -0.4 is 5.73 Å². The molecule has 3 fully saturated rings. The summed E-state index contributed by atoms with van der Waals surface area (Å²) in [4.78, 5) is 4.36. The number of hydrogen-bond donors (Lipinski definition) is 1. The summed E-state index contributed by atoms with van der Waals surface area (Å²) in [7, 11) is 0. The van der Waals surface area contributed by atoms with E-state index in [2.05, 4.69) is 37.9 Å². The lowest BCUT2D eigenvalue weighted by molar-refractivity contribution is -0.194. The van der Waals surface area contributed by atoms with E-state index < -0.39 is 22.2 Å². The van der Waals surface area contributed by atoms with Crippen molar-refractivity contribution in [3.63, 3.8) is 0 Å². The van der Waals surface area contributed by atoms with E-state index >= 15 is 0 Å². The molecule has 4 rings (SSSR count). The van der Waals surface area contributed by atoms with Crippen molar-refractivity contribution in [3.8, 4) is 12.1 Å². The Bertz CT molecular complexity index is 696. The minimum absolute atomic E-state index is 0.225. The zero-order valence-electron chi connectivity index (χ0n) is 14.6. The quantitative estimate of drug-likeness (QED) is 0.734. The van der Waals surface area contributed by atoms with Crippen LogP contribution in [0.2, 0.25) is 0 Å². The number of ether oxygens (including phenoxy) is 2. The normalized spacial score (nSPS) is 45.5. The van der Waals surface area contributed by atoms with Crippen molar-refractivity contribution < 1.29 is 9.47 Å². The van der Waals surface area contributed by atoms with E-state index in [1.165, 1.54) is 0 Å². The minimum Gasteiger partial charge on any atom is -0.386 e. The Labute approximate surface area is 142 Å². The Morgan fingerprint density at radius 2 is 1.71 bits per heavy atom. The molecule has 0 radical (unpaired) electrons. The fraction of sp³-hybridized carbons (Fsp3) is 0.833. The average Bonchev–Trinajstić information content (AvgIpc) is 2.82. The van der Waals surface area contributed by atoms with Crippen LogP contribution in [-0.2, 0) is 9.47 Å². The lowest BCUT2D eigenvalue weighted by atomic mass is 9.65. The summed E-state index contributed by atoms with van der Waals surface area (Å²) in [6.07, 6.45) is 3.56. The van der Waals surface area contributed by atoms with E-state index in [0.717, 1.165) is 25.7 Å². The van der Waals surface area contributed by atoms with Crippen molar-refractivity contribution in [2.45, 2.75) is 52.4 Å². The minimum atomic E-state index is -1.38. The molecule has 4 aliphatic rings. The first-order chi connectivity index (χ1) is 11.3. The summed E-state index contributed by atoms with van der Waals surface area (Å²) in [5.74, 6) is -0.575. The number of nitrogens with zero attached hydrogens (tertiary/aromatic N) is 3. The first-order valence-corrected chi connectivity index (χ1v) is 8.73. The molecule has 2 N–H and O–H groups in total. The van der Waals surface area contributed by atoms with Gasteiger partial charge < -0.3 is 15.2 Å². The molecule has 2 saturated carbocycles. The van der Waals surface area contributed by atoms with Gasteiger partial charge in [0.15, 0.2) is 5.41 Å². The Kier molecular flexibility index (Phi) is 2.85. The SMILES string of the molecule is CC(C)(C)C1CCC2(CC1)[C@]1(C#N)C3(N=C(N)[C@]21C#N)OCCO3. The summed E-state index contributed by atoms with van der Waals surface area (Å²) in [5.41, 5.74) is 3.78. The van der Waals surface area contributed by atoms with Crippen LogP contribution in [0.1, 0.15) is 46.5 Å². The molecule has 2 spiro atoms. The Morgan fingerprint density at radius 1 is 1.12 bits per heavy atom. The molecular weight excluding hydrogens is 304 g/mol. The molecule has 0 unspecified atom stereocenters. The van der Waals surface area contributed by atoms with E-state index in [4.69, 9.17) is 15.2 Å². The molecule has 2 heterocycles. The second kappa shape index (κ2) is 4.31. The topological polar surface area (TPSA) is 104 Å². The highest BCUT2D eigenvalue weighted by molar-refractivity contribution is 6.00. The smallest absolute Gasteiger partial charge is 0.293 e. The largest absolute Gasteiger partial charge is 0.386 e. The van der Waals surface area contributed by atoms with Crippen LogP contribution in [-0.4, -0.2) is 25.0 Å². The lowest BCUT2D eigenvalue weighted by Gasteiger charge is -2.40. The molecule has 128 valence electrons. The molecule has 0 aromatic carbocycles. The highest BCUT2D eigenvalue weighted by Crippen LogP contribution is 2.89. The fourth-order valence-electron chi connectivity index (χ4n) is 5.91. The van der Waals surface area contributed by atoms with E-state index in [1.807, 2.05) is 0 Å². The molecule has 2 aliphatic carbocycles. The number of amidine groups is 1. The number of nitriles is 2. The third-order valence-electron chi connectivity index (χ3n) is 7.14. The summed E-state index contributed by atoms with van der Waals surface area (Å²) in [6.45, 7) is 7.52. The van der Waals surface area contributed by atoms with Crippen molar-refractivity contribution in [1.82, 2.24) is 0 Å². The highest BCUT2D eigenvalue weighted by atomic mass is 16.8. The van der Waals surface area contributed by atoms with Gasteiger partial charge in [0, 0.05) is 5.41 Å². The first kappa shape index (κ1) is 15.9. The van der Waals surface area contributed by atoms with Crippen molar-refractivity contribution in [2.24, 2.45) is 38.3 Å². The van der Waals surface area contributed by atoms with Crippen molar-refractivity contribution in [1.29, 1.82) is 10.5 Å². The van der Waals surface area contributed by atoms with Gasteiger partial charge in [-0.25, -0.2) is 4.99 Å². The monoisotopic (exact) mass is 328 g/mol. The van der Waals surface area contributed by atoms with Gasteiger partial charge in [-0.3, -0.25) is 0 Å². The standard InChI is InChI=1S/C18H24N4O2/c1-14(2,3)12-4-6-15(7-5-12)16(10-19)13(21)22-18(17(15,16)11-20)23-8-9-24-18/h12H,4-9H2,1-3H3,(H2,21,22)/t12?,15?,16-,17+/m1/s1. The van der Waals surface area contributed by atoms with Gasteiger partial charge in [0.25, 0.3) is 5.91 Å². The van der Waals surface area contributed by atoms with Gasteiger partial charge >= 0.3 is 0 Å². The summed E-state index contributed by atoms with van der Waals surface area (Å²) in [5, 5.41) is 20.2. The number of nitrogens with two attached hydrogens (primary N) is 1. The highest BCUT2D eigenvalue weighted by Gasteiger charge is 3.00. The predicted octanol–water partition coefficient (Wildman–Crippen LogP) is 2.31. The van der Waals surface area contributed by atoms with Crippen LogP contribution in [0.3, 0.4) is 0 Å². The predicted molar refractivity (Wildman–Crippen MR) is 86.2 cm³/mol. The second-order valence-electron chi connectivity index (χ2n) is 8.72. The number of fused-ring (bicyclic) bond motifs is 4. The maximum atomic E-state index is 10.2. The van der Waals surface area contributed by atoms with Crippen LogP contribution in [0.4, 0.5) is 0 Å². The molecule has 6 nitrogen and oxygen atoms in total. The van der Waals surface area contributed by atoms with Crippen molar-refractivity contribution in [3.05, 3.63) is 0 Å². The maximum Gasteiger partial charge on any atom is 0.293 e. The third kappa shape index (κ3) is 1.31. The molecule has 1 saturated heterocycles. The van der Waals surface area contributed by atoms with Gasteiger partial charge in [-0.2, -0.15) is 10.5 Å². The maximum absolute atomic E-state index is 10.2. The molecular formula is C18H24N4O2. The Balaban J connectivity index is 1.78. The van der Waals surface area contributed by atoms with Gasteiger partial charge in [-0.15, -0.1) is 0 Å². The van der Waals surface area contributed by atoms with E-state index in [1.54, 1.807) is 0 Å².